The normalized spacial score (nSPS) is 22.5. The molecule has 0 radical (unpaired) electrons. The van der Waals surface area contributed by atoms with Crippen LogP contribution in [0.3, 0.4) is 0 Å². The van der Waals surface area contributed by atoms with Crippen molar-refractivity contribution >= 4 is 5.91 Å². The van der Waals surface area contributed by atoms with Gasteiger partial charge in [-0.1, -0.05) is 133 Å². The molecule has 0 aromatic heterocycles. The maximum atomic E-state index is 12.9. The maximum absolute atomic E-state index is 12.9. The van der Waals surface area contributed by atoms with Gasteiger partial charge in [-0.3, -0.25) is 4.79 Å². The van der Waals surface area contributed by atoms with Gasteiger partial charge in [-0.2, -0.15) is 0 Å². The fourth-order valence-corrected chi connectivity index (χ4v) is 6.13. The van der Waals surface area contributed by atoms with Crippen LogP contribution in [-0.2, 0) is 14.3 Å². The molecule has 1 saturated heterocycles. The van der Waals surface area contributed by atoms with Crippen molar-refractivity contribution in [3.05, 3.63) is 48.6 Å². The van der Waals surface area contributed by atoms with E-state index >= 15 is 0 Å². The summed E-state index contributed by atoms with van der Waals surface area (Å²) in [6.45, 7) is 3.49. The first-order valence-electron chi connectivity index (χ1n) is 20.3. The Hall–Kier alpha value is -1.85. The number of unbranched alkanes of at least 4 members (excludes halogenated alkanes) is 17. The lowest BCUT2D eigenvalue weighted by Crippen LogP contribution is -2.60. The fourth-order valence-electron chi connectivity index (χ4n) is 6.13. The molecule has 1 heterocycles. The third-order valence-electron chi connectivity index (χ3n) is 9.45. The number of aliphatic hydroxyl groups is 5. The lowest BCUT2D eigenvalue weighted by Gasteiger charge is -2.40. The molecule has 0 aromatic carbocycles. The van der Waals surface area contributed by atoms with Gasteiger partial charge in [0.05, 0.1) is 25.4 Å². The summed E-state index contributed by atoms with van der Waals surface area (Å²) in [6, 6.07) is -0.826. The van der Waals surface area contributed by atoms with Crippen LogP contribution in [-0.4, -0.2) is 87.5 Å². The molecule has 0 spiro atoms. The van der Waals surface area contributed by atoms with Gasteiger partial charge in [-0.05, 0) is 64.7 Å². The van der Waals surface area contributed by atoms with Gasteiger partial charge in [-0.25, -0.2) is 0 Å². The largest absolute Gasteiger partial charge is 0.394 e. The number of aliphatic hydroxyl groups excluding tert-OH is 5. The topological polar surface area (TPSA) is 149 Å². The second-order valence-electron chi connectivity index (χ2n) is 14.1. The van der Waals surface area contributed by atoms with Crippen LogP contribution >= 0.6 is 0 Å². The molecule has 0 saturated carbocycles. The molecule has 0 aliphatic carbocycles. The Kier molecular flexibility index (Phi) is 30.3. The first kappa shape index (κ1) is 47.2. The number of hydrogen-bond acceptors (Lipinski definition) is 8. The van der Waals surface area contributed by atoms with Gasteiger partial charge in [0.2, 0.25) is 5.91 Å². The van der Waals surface area contributed by atoms with Crippen molar-refractivity contribution in [2.75, 3.05) is 13.2 Å². The van der Waals surface area contributed by atoms with Crippen molar-refractivity contribution in [3.8, 4) is 0 Å². The zero-order valence-corrected chi connectivity index (χ0v) is 32.1. The molecular formula is C42H75NO8. The van der Waals surface area contributed by atoms with Crippen LogP contribution in [0, 0.1) is 0 Å². The van der Waals surface area contributed by atoms with E-state index in [1.807, 2.05) is 19.1 Å². The van der Waals surface area contributed by atoms with E-state index in [9.17, 15) is 30.3 Å². The summed E-state index contributed by atoms with van der Waals surface area (Å²) in [5.41, 5.74) is 0. The Morgan fingerprint density at radius 2 is 1.20 bits per heavy atom. The molecule has 1 amide bonds. The number of hydrogen-bond donors (Lipinski definition) is 6. The summed E-state index contributed by atoms with van der Waals surface area (Å²) in [6.07, 6.45) is 33.2. The number of ether oxygens (including phenoxy) is 2. The van der Waals surface area contributed by atoms with Crippen LogP contribution in [0.2, 0.25) is 0 Å². The van der Waals surface area contributed by atoms with Crippen LogP contribution < -0.4 is 5.32 Å². The Bertz CT molecular complexity index is 936. The number of nitrogens with one attached hydrogen (secondary N) is 1. The number of carbonyl (C=O) groups excluding carboxylic acids is 1. The average Bonchev–Trinajstić information content (AvgIpc) is 3.13. The summed E-state index contributed by atoms with van der Waals surface area (Å²) in [5.74, 6) is -0.199. The second kappa shape index (κ2) is 32.8. The zero-order chi connectivity index (χ0) is 37.4. The zero-order valence-electron chi connectivity index (χ0n) is 32.1. The van der Waals surface area contributed by atoms with E-state index in [-0.39, 0.29) is 12.5 Å². The predicted molar refractivity (Wildman–Crippen MR) is 207 cm³/mol. The van der Waals surface area contributed by atoms with Gasteiger partial charge in [0.25, 0.3) is 0 Å². The first-order chi connectivity index (χ1) is 24.8. The highest BCUT2D eigenvalue weighted by molar-refractivity contribution is 5.76. The van der Waals surface area contributed by atoms with Crippen LogP contribution in [0.5, 0.6) is 0 Å². The molecule has 1 fully saturated rings. The Balaban J connectivity index is 2.35. The lowest BCUT2D eigenvalue weighted by atomic mass is 9.99. The van der Waals surface area contributed by atoms with E-state index in [4.69, 9.17) is 9.47 Å². The third kappa shape index (κ3) is 24.2. The van der Waals surface area contributed by atoms with Crippen molar-refractivity contribution in [1.29, 1.82) is 0 Å². The Labute approximate surface area is 310 Å². The van der Waals surface area contributed by atoms with E-state index in [0.29, 0.717) is 6.42 Å². The summed E-state index contributed by atoms with van der Waals surface area (Å²) in [4.78, 5) is 12.9. The summed E-state index contributed by atoms with van der Waals surface area (Å²) >= 11 is 0. The molecule has 7 unspecified atom stereocenters. The smallest absolute Gasteiger partial charge is 0.220 e. The molecule has 51 heavy (non-hydrogen) atoms. The van der Waals surface area contributed by atoms with Gasteiger partial charge < -0.3 is 40.3 Å². The quantitative estimate of drug-likeness (QED) is 0.0309. The number of carbonyl (C=O) groups is 1. The summed E-state index contributed by atoms with van der Waals surface area (Å²) < 4.78 is 11.1. The summed E-state index contributed by atoms with van der Waals surface area (Å²) in [7, 11) is 0. The van der Waals surface area contributed by atoms with E-state index in [1.165, 1.54) is 89.9 Å². The second-order valence-corrected chi connectivity index (χ2v) is 14.1. The van der Waals surface area contributed by atoms with E-state index < -0.39 is 49.5 Å². The predicted octanol–water partition coefficient (Wildman–Crippen LogP) is 7.50. The van der Waals surface area contributed by atoms with Gasteiger partial charge in [0.15, 0.2) is 6.29 Å². The lowest BCUT2D eigenvalue weighted by molar-refractivity contribution is -0.302. The molecule has 1 aliphatic heterocycles. The number of allylic oxidation sites excluding steroid dienone is 7. The molecule has 1 rings (SSSR count). The Morgan fingerprint density at radius 1 is 0.686 bits per heavy atom. The SMILES string of the molecule is C/C=C/CC/C=C/CC/C=C/C(O)C(COC1OC(CO)C(O)C(O)C1O)NC(=O)CCCCCCCCCCC/C=C\CCCCCCCC. The molecule has 9 heteroatoms. The summed E-state index contributed by atoms with van der Waals surface area (Å²) in [5, 5.41) is 53.8. The van der Waals surface area contributed by atoms with Crippen molar-refractivity contribution in [3.63, 3.8) is 0 Å². The van der Waals surface area contributed by atoms with Gasteiger partial charge in [0, 0.05) is 6.42 Å². The third-order valence-corrected chi connectivity index (χ3v) is 9.45. The molecule has 6 N–H and O–H groups in total. The van der Waals surface area contributed by atoms with Crippen molar-refractivity contribution in [1.82, 2.24) is 5.32 Å². The molecule has 7 atom stereocenters. The first-order valence-corrected chi connectivity index (χ1v) is 20.3. The van der Waals surface area contributed by atoms with E-state index in [2.05, 4.69) is 42.6 Å². The van der Waals surface area contributed by atoms with E-state index in [1.54, 1.807) is 6.08 Å². The monoisotopic (exact) mass is 722 g/mol. The van der Waals surface area contributed by atoms with Crippen molar-refractivity contribution < 1.29 is 39.8 Å². The highest BCUT2D eigenvalue weighted by Crippen LogP contribution is 2.22. The molecular weight excluding hydrogens is 646 g/mol. The average molecular weight is 722 g/mol. The highest BCUT2D eigenvalue weighted by Gasteiger charge is 2.44. The minimum Gasteiger partial charge on any atom is -0.394 e. The fraction of sp³-hybridized carbons (Fsp3) is 0.786. The molecule has 0 bridgehead atoms. The van der Waals surface area contributed by atoms with E-state index in [0.717, 1.165) is 44.9 Å². The van der Waals surface area contributed by atoms with Crippen LogP contribution in [0.15, 0.2) is 48.6 Å². The Morgan fingerprint density at radius 3 is 1.76 bits per heavy atom. The van der Waals surface area contributed by atoms with Crippen molar-refractivity contribution in [2.24, 2.45) is 0 Å². The molecule has 0 aromatic rings. The highest BCUT2D eigenvalue weighted by atomic mass is 16.7. The number of amides is 1. The molecule has 1 aliphatic rings. The van der Waals surface area contributed by atoms with Crippen molar-refractivity contribution in [2.45, 2.75) is 198 Å². The van der Waals surface area contributed by atoms with Crippen LogP contribution in [0.4, 0.5) is 0 Å². The van der Waals surface area contributed by atoms with Gasteiger partial charge in [-0.15, -0.1) is 0 Å². The van der Waals surface area contributed by atoms with Gasteiger partial charge in [0.1, 0.15) is 24.4 Å². The molecule has 9 nitrogen and oxygen atoms in total. The maximum Gasteiger partial charge on any atom is 0.220 e. The molecule has 296 valence electrons. The minimum atomic E-state index is -1.57. The minimum absolute atomic E-state index is 0.199. The number of rotatable bonds is 32. The van der Waals surface area contributed by atoms with Gasteiger partial charge >= 0.3 is 0 Å². The standard InChI is InChI=1S/C42H75NO8/c1-3-5-7-9-11-13-14-15-16-17-18-19-20-21-22-24-26-28-30-32-38(46)43-35(36(45)31-29-27-25-23-12-10-8-6-4-2)34-50-42-41(49)40(48)39(47)37(33-44)51-42/h4,6,12,15-16,23,29,31,35-37,39-42,44-45,47-49H,3,5,7-11,13-14,17-22,24-28,30,32-34H2,1-2H3,(H,43,46)/b6-4+,16-15-,23-12+,31-29+. The van der Waals surface area contributed by atoms with Crippen LogP contribution in [0.1, 0.15) is 155 Å². The van der Waals surface area contributed by atoms with Crippen LogP contribution in [0.25, 0.3) is 0 Å².